The third-order valence-corrected chi connectivity index (χ3v) is 3.48. The summed E-state index contributed by atoms with van der Waals surface area (Å²) in [6.07, 6.45) is 2.43. The molecule has 0 amide bonds. The third kappa shape index (κ3) is 5.25. The fraction of sp³-hybridized carbons (Fsp3) is 0.929. The van der Waals surface area contributed by atoms with E-state index in [1.54, 1.807) is 0 Å². The second-order valence-corrected chi connectivity index (χ2v) is 5.54. The Labute approximate surface area is 114 Å². The SMILES string of the molecule is CCC(CC)C(CN=C(N(C)C)N(C)C)N(C)C. The van der Waals surface area contributed by atoms with Crippen LogP contribution in [0, 0.1) is 5.92 Å². The first-order valence-corrected chi connectivity index (χ1v) is 6.90. The highest BCUT2D eigenvalue weighted by molar-refractivity contribution is 5.79. The predicted molar refractivity (Wildman–Crippen MR) is 81.2 cm³/mol. The number of rotatable bonds is 6. The van der Waals surface area contributed by atoms with E-state index in [2.05, 4.69) is 42.6 Å². The van der Waals surface area contributed by atoms with Crippen LogP contribution < -0.4 is 0 Å². The molecular formula is C14H32N4. The Kier molecular flexibility index (Phi) is 8.00. The molecule has 1 unspecified atom stereocenters. The first-order valence-electron chi connectivity index (χ1n) is 6.90. The Bertz CT molecular complexity index is 232. The zero-order chi connectivity index (χ0) is 14.3. The molecule has 0 aromatic heterocycles. The van der Waals surface area contributed by atoms with E-state index in [0.717, 1.165) is 12.5 Å². The van der Waals surface area contributed by atoms with Crippen LogP contribution in [0.3, 0.4) is 0 Å². The van der Waals surface area contributed by atoms with Crippen molar-refractivity contribution in [3.05, 3.63) is 0 Å². The standard InChI is InChI=1S/C14H32N4/c1-9-12(10-2)13(16(3)4)11-15-14(17(5)6)18(7)8/h12-13H,9-11H2,1-8H3. The van der Waals surface area contributed by atoms with Gasteiger partial charge >= 0.3 is 0 Å². The van der Waals surface area contributed by atoms with Crippen LogP contribution >= 0.6 is 0 Å². The van der Waals surface area contributed by atoms with Gasteiger partial charge in [0.15, 0.2) is 5.96 Å². The zero-order valence-electron chi connectivity index (χ0n) is 13.6. The van der Waals surface area contributed by atoms with E-state index in [1.165, 1.54) is 12.8 Å². The van der Waals surface area contributed by atoms with Crippen molar-refractivity contribution in [3.8, 4) is 0 Å². The summed E-state index contributed by atoms with van der Waals surface area (Å²) < 4.78 is 0. The van der Waals surface area contributed by atoms with Crippen molar-refractivity contribution in [1.29, 1.82) is 0 Å². The summed E-state index contributed by atoms with van der Waals surface area (Å²) in [5.74, 6) is 1.75. The largest absolute Gasteiger partial charge is 0.349 e. The van der Waals surface area contributed by atoms with Crippen molar-refractivity contribution in [2.24, 2.45) is 10.9 Å². The summed E-state index contributed by atoms with van der Waals surface area (Å²) in [6, 6.07) is 0.523. The van der Waals surface area contributed by atoms with E-state index < -0.39 is 0 Å². The summed E-state index contributed by atoms with van der Waals surface area (Å²) in [4.78, 5) is 11.2. The molecule has 1 atom stereocenters. The maximum Gasteiger partial charge on any atom is 0.195 e. The molecule has 0 aliphatic carbocycles. The van der Waals surface area contributed by atoms with Crippen molar-refractivity contribution >= 4 is 5.96 Å². The maximum absolute atomic E-state index is 4.79. The average Bonchev–Trinajstić information content (AvgIpc) is 2.27. The van der Waals surface area contributed by atoms with Gasteiger partial charge in [0.25, 0.3) is 0 Å². The van der Waals surface area contributed by atoms with Crippen molar-refractivity contribution in [2.75, 3.05) is 48.8 Å². The number of guanidine groups is 1. The van der Waals surface area contributed by atoms with E-state index >= 15 is 0 Å². The highest BCUT2D eigenvalue weighted by Gasteiger charge is 2.20. The zero-order valence-corrected chi connectivity index (χ0v) is 13.6. The molecule has 0 fully saturated rings. The van der Waals surface area contributed by atoms with Gasteiger partial charge in [-0.2, -0.15) is 0 Å². The molecule has 0 spiro atoms. The Morgan fingerprint density at radius 3 is 1.61 bits per heavy atom. The summed E-state index contributed by atoms with van der Waals surface area (Å²) >= 11 is 0. The molecule has 0 heterocycles. The minimum Gasteiger partial charge on any atom is -0.349 e. The summed E-state index contributed by atoms with van der Waals surface area (Å²) in [7, 11) is 12.5. The van der Waals surface area contributed by atoms with Crippen LogP contribution in [0.1, 0.15) is 26.7 Å². The monoisotopic (exact) mass is 256 g/mol. The number of likely N-dealkylation sites (N-methyl/N-ethyl adjacent to an activating group) is 1. The van der Waals surface area contributed by atoms with Crippen LogP contribution in [-0.2, 0) is 0 Å². The number of hydrogen-bond acceptors (Lipinski definition) is 2. The average molecular weight is 256 g/mol. The number of aliphatic imine (C=N–C) groups is 1. The second kappa shape index (κ2) is 8.35. The molecule has 108 valence electrons. The van der Waals surface area contributed by atoms with Gasteiger partial charge in [-0.05, 0) is 20.0 Å². The Morgan fingerprint density at radius 2 is 1.33 bits per heavy atom. The quantitative estimate of drug-likeness (QED) is 0.535. The van der Waals surface area contributed by atoms with Crippen molar-refractivity contribution in [2.45, 2.75) is 32.7 Å². The van der Waals surface area contributed by atoms with E-state index in [0.29, 0.717) is 12.0 Å². The molecule has 0 radical (unpaired) electrons. The normalized spacial score (nSPS) is 12.8. The van der Waals surface area contributed by atoms with Crippen LogP contribution in [0.25, 0.3) is 0 Å². The lowest BCUT2D eigenvalue weighted by molar-refractivity contribution is 0.205. The molecule has 0 rings (SSSR count). The number of hydrogen-bond donors (Lipinski definition) is 0. The molecule has 4 nitrogen and oxygen atoms in total. The first-order chi connectivity index (χ1) is 8.34. The van der Waals surface area contributed by atoms with Gasteiger partial charge in [-0.1, -0.05) is 26.7 Å². The Balaban J connectivity index is 4.83. The molecule has 0 aliphatic heterocycles. The minimum absolute atomic E-state index is 0.523. The van der Waals surface area contributed by atoms with Crippen LogP contribution in [0.2, 0.25) is 0 Å². The second-order valence-electron chi connectivity index (χ2n) is 5.54. The summed E-state index contributed by atoms with van der Waals surface area (Å²) in [5, 5.41) is 0. The first kappa shape index (κ1) is 17.2. The van der Waals surface area contributed by atoms with E-state index in [9.17, 15) is 0 Å². The molecule has 0 aromatic carbocycles. The van der Waals surface area contributed by atoms with Crippen LogP contribution in [0.15, 0.2) is 4.99 Å². The molecule has 0 N–H and O–H groups in total. The Hall–Kier alpha value is -0.770. The minimum atomic E-state index is 0.523. The van der Waals surface area contributed by atoms with Crippen LogP contribution in [0.4, 0.5) is 0 Å². The molecule has 0 bridgehead atoms. The van der Waals surface area contributed by atoms with Gasteiger partial charge in [0.1, 0.15) is 0 Å². The van der Waals surface area contributed by atoms with Crippen molar-refractivity contribution < 1.29 is 0 Å². The van der Waals surface area contributed by atoms with Crippen molar-refractivity contribution in [3.63, 3.8) is 0 Å². The summed E-state index contributed by atoms with van der Waals surface area (Å²) in [6.45, 7) is 5.41. The topological polar surface area (TPSA) is 22.1 Å². The highest BCUT2D eigenvalue weighted by atomic mass is 15.3. The molecule has 0 saturated heterocycles. The fourth-order valence-electron chi connectivity index (χ4n) is 2.42. The van der Waals surface area contributed by atoms with Crippen molar-refractivity contribution in [1.82, 2.24) is 14.7 Å². The maximum atomic E-state index is 4.79. The molecule has 0 aliphatic rings. The predicted octanol–water partition coefficient (Wildman–Crippen LogP) is 1.83. The van der Waals surface area contributed by atoms with Gasteiger partial charge in [-0.15, -0.1) is 0 Å². The van der Waals surface area contributed by atoms with Gasteiger partial charge in [0.05, 0.1) is 6.54 Å². The van der Waals surface area contributed by atoms with E-state index in [1.807, 2.05) is 28.2 Å². The Morgan fingerprint density at radius 1 is 0.889 bits per heavy atom. The lowest BCUT2D eigenvalue weighted by Gasteiger charge is -2.31. The number of nitrogens with zero attached hydrogens (tertiary/aromatic N) is 4. The smallest absolute Gasteiger partial charge is 0.195 e. The van der Waals surface area contributed by atoms with Gasteiger partial charge in [0.2, 0.25) is 0 Å². The third-order valence-electron chi connectivity index (χ3n) is 3.48. The van der Waals surface area contributed by atoms with Crippen LogP contribution in [-0.4, -0.2) is 75.5 Å². The lowest BCUT2D eigenvalue weighted by Crippen LogP contribution is -2.40. The summed E-state index contributed by atoms with van der Waals surface area (Å²) in [5.41, 5.74) is 0. The van der Waals surface area contributed by atoms with E-state index in [-0.39, 0.29) is 0 Å². The van der Waals surface area contributed by atoms with Crippen LogP contribution in [0.5, 0.6) is 0 Å². The molecule has 0 aromatic rings. The molecular weight excluding hydrogens is 224 g/mol. The van der Waals surface area contributed by atoms with Gasteiger partial charge in [0, 0.05) is 34.2 Å². The molecule has 18 heavy (non-hydrogen) atoms. The molecule has 4 heteroatoms. The highest BCUT2D eigenvalue weighted by Crippen LogP contribution is 2.17. The fourth-order valence-corrected chi connectivity index (χ4v) is 2.42. The molecule has 0 saturated carbocycles. The van der Waals surface area contributed by atoms with Gasteiger partial charge in [-0.25, -0.2) is 0 Å². The van der Waals surface area contributed by atoms with Gasteiger partial charge in [-0.3, -0.25) is 4.99 Å². The lowest BCUT2D eigenvalue weighted by atomic mass is 9.93. The van der Waals surface area contributed by atoms with E-state index in [4.69, 9.17) is 4.99 Å². The van der Waals surface area contributed by atoms with Gasteiger partial charge < -0.3 is 14.7 Å².